The molecule has 2 aromatic rings. The molecule has 0 spiro atoms. The lowest BCUT2D eigenvalue weighted by Crippen LogP contribution is -2.43. The highest BCUT2D eigenvalue weighted by Crippen LogP contribution is 2.34. The van der Waals surface area contributed by atoms with Crippen LogP contribution in [-0.2, 0) is 4.79 Å². The van der Waals surface area contributed by atoms with Crippen LogP contribution in [0.4, 0.5) is 0 Å². The first-order valence-corrected chi connectivity index (χ1v) is 9.74. The predicted octanol–water partition coefficient (Wildman–Crippen LogP) is 3.01. The number of thiophene rings is 1. The zero-order valence-corrected chi connectivity index (χ0v) is 14.7. The lowest BCUT2D eigenvalue weighted by Gasteiger charge is -2.33. The summed E-state index contributed by atoms with van der Waals surface area (Å²) in [5.41, 5.74) is 1.20. The molecule has 2 fully saturated rings. The van der Waals surface area contributed by atoms with E-state index < -0.39 is 0 Å². The van der Waals surface area contributed by atoms with Crippen LogP contribution >= 0.6 is 11.3 Å². The second kappa shape index (κ2) is 7.07. The monoisotopic (exact) mass is 344 g/mol. The van der Waals surface area contributed by atoms with Gasteiger partial charge in [-0.25, -0.2) is 0 Å². The van der Waals surface area contributed by atoms with Crippen molar-refractivity contribution < 1.29 is 4.79 Å². The number of hydrogen-bond acceptors (Lipinski definition) is 4. The molecule has 2 aliphatic rings. The van der Waals surface area contributed by atoms with Crippen LogP contribution in [0.15, 0.2) is 29.8 Å². The second-order valence-corrected chi connectivity index (χ2v) is 7.83. The van der Waals surface area contributed by atoms with E-state index in [9.17, 15) is 4.79 Å². The minimum Gasteiger partial charge on any atom is -0.334 e. The van der Waals surface area contributed by atoms with E-state index in [1.54, 1.807) is 11.3 Å². The van der Waals surface area contributed by atoms with E-state index in [4.69, 9.17) is 0 Å². The SMILES string of the molecule is O=C(CN1CCCC(c2ccn[nH]2)C1)N1CCCC1c1cccs1. The smallest absolute Gasteiger partial charge is 0.237 e. The molecule has 128 valence electrons. The van der Waals surface area contributed by atoms with Gasteiger partial charge in [0.15, 0.2) is 0 Å². The topological polar surface area (TPSA) is 52.2 Å². The van der Waals surface area contributed by atoms with Gasteiger partial charge < -0.3 is 4.90 Å². The predicted molar refractivity (Wildman–Crippen MR) is 95.0 cm³/mol. The molecule has 2 atom stereocenters. The average Bonchev–Trinajstić information content (AvgIpc) is 3.35. The summed E-state index contributed by atoms with van der Waals surface area (Å²) in [6, 6.07) is 6.60. The van der Waals surface area contributed by atoms with Crippen LogP contribution in [0.25, 0.3) is 0 Å². The van der Waals surface area contributed by atoms with Gasteiger partial charge in [0.1, 0.15) is 0 Å². The molecule has 0 radical (unpaired) electrons. The molecule has 4 rings (SSSR count). The Labute approximate surface area is 146 Å². The maximum absolute atomic E-state index is 12.9. The summed E-state index contributed by atoms with van der Waals surface area (Å²) in [7, 11) is 0. The van der Waals surface area contributed by atoms with E-state index in [0.29, 0.717) is 18.5 Å². The van der Waals surface area contributed by atoms with Crippen LogP contribution in [0, 0.1) is 0 Å². The van der Waals surface area contributed by atoms with Crippen LogP contribution < -0.4 is 0 Å². The first-order chi connectivity index (χ1) is 11.8. The Morgan fingerprint density at radius 3 is 3.00 bits per heavy atom. The number of carbonyl (C=O) groups is 1. The van der Waals surface area contributed by atoms with Crippen molar-refractivity contribution >= 4 is 17.2 Å². The fourth-order valence-electron chi connectivity index (χ4n) is 4.07. The van der Waals surface area contributed by atoms with Crippen molar-refractivity contribution in [1.29, 1.82) is 0 Å². The fraction of sp³-hybridized carbons (Fsp3) is 0.556. The number of rotatable bonds is 4. The van der Waals surface area contributed by atoms with Crippen molar-refractivity contribution in [3.8, 4) is 0 Å². The molecule has 4 heterocycles. The molecule has 2 unspecified atom stereocenters. The number of nitrogens with zero attached hydrogens (tertiary/aromatic N) is 3. The Morgan fingerprint density at radius 2 is 2.21 bits per heavy atom. The number of amides is 1. The second-order valence-electron chi connectivity index (χ2n) is 6.85. The highest BCUT2D eigenvalue weighted by molar-refractivity contribution is 7.10. The lowest BCUT2D eigenvalue weighted by atomic mass is 9.95. The molecule has 0 aliphatic carbocycles. The van der Waals surface area contributed by atoms with E-state index in [2.05, 4.69) is 43.6 Å². The van der Waals surface area contributed by atoms with Crippen molar-refractivity contribution in [2.24, 2.45) is 0 Å². The fourth-order valence-corrected chi connectivity index (χ4v) is 4.94. The molecule has 24 heavy (non-hydrogen) atoms. The van der Waals surface area contributed by atoms with Crippen molar-refractivity contribution in [2.45, 2.75) is 37.6 Å². The molecule has 0 aromatic carbocycles. The number of aromatic nitrogens is 2. The molecule has 0 bridgehead atoms. The number of hydrogen-bond donors (Lipinski definition) is 1. The highest BCUT2D eigenvalue weighted by atomic mass is 32.1. The van der Waals surface area contributed by atoms with Gasteiger partial charge in [0.25, 0.3) is 0 Å². The van der Waals surface area contributed by atoms with Crippen molar-refractivity contribution in [1.82, 2.24) is 20.0 Å². The summed E-state index contributed by atoms with van der Waals surface area (Å²) in [6.45, 7) is 3.42. The number of H-pyrrole nitrogens is 1. The average molecular weight is 344 g/mol. The van der Waals surface area contributed by atoms with Gasteiger partial charge in [-0.1, -0.05) is 6.07 Å². The van der Waals surface area contributed by atoms with E-state index >= 15 is 0 Å². The third-order valence-electron chi connectivity index (χ3n) is 5.27. The van der Waals surface area contributed by atoms with E-state index in [1.807, 2.05) is 6.20 Å². The maximum atomic E-state index is 12.9. The Kier molecular flexibility index (Phi) is 4.67. The molecule has 5 nitrogen and oxygen atoms in total. The standard InChI is InChI=1S/C18H24N4OS/c23-18(22-10-2-5-16(22)17-6-3-11-24-17)13-21-9-1-4-14(12-21)15-7-8-19-20-15/h3,6-8,11,14,16H,1-2,4-5,9-10,12-13H2,(H,19,20). The van der Waals surface area contributed by atoms with E-state index in [1.165, 1.54) is 17.0 Å². The summed E-state index contributed by atoms with van der Waals surface area (Å²) in [5.74, 6) is 0.761. The molecule has 1 amide bonds. The third-order valence-corrected chi connectivity index (χ3v) is 6.24. The quantitative estimate of drug-likeness (QED) is 0.927. The first-order valence-electron chi connectivity index (χ1n) is 8.86. The third kappa shape index (κ3) is 3.26. The molecule has 0 saturated carbocycles. The molecule has 2 aromatic heterocycles. The van der Waals surface area contributed by atoms with Gasteiger partial charge >= 0.3 is 0 Å². The van der Waals surface area contributed by atoms with Gasteiger partial charge in [-0.05, 0) is 49.7 Å². The molecular weight excluding hydrogens is 320 g/mol. The number of likely N-dealkylation sites (tertiary alicyclic amines) is 2. The summed E-state index contributed by atoms with van der Waals surface area (Å²) in [5, 5.41) is 9.27. The Balaban J connectivity index is 1.38. The molecule has 6 heteroatoms. The Morgan fingerprint density at radius 1 is 1.29 bits per heavy atom. The van der Waals surface area contributed by atoms with Crippen LogP contribution in [0.2, 0.25) is 0 Å². The minimum absolute atomic E-state index is 0.288. The van der Waals surface area contributed by atoms with Gasteiger partial charge in [0, 0.05) is 35.8 Å². The summed E-state index contributed by atoms with van der Waals surface area (Å²) >= 11 is 1.77. The van der Waals surface area contributed by atoms with Crippen LogP contribution in [-0.4, -0.2) is 52.1 Å². The summed E-state index contributed by atoms with van der Waals surface area (Å²) < 4.78 is 0. The summed E-state index contributed by atoms with van der Waals surface area (Å²) in [6.07, 6.45) is 6.35. The zero-order chi connectivity index (χ0) is 16.4. The number of carbonyl (C=O) groups excluding carboxylic acids is 1. The van der Waals surface area contributed by atoms with Gasteiger partial charge in [0.05, 0.1) is 12.6 Å². The van der Waals surface area contributed by atoms with Gasteiger partial charge in [-0.15, -0.1) is 11.3 Å². The molecular formula is C18H24N4OS. The van der Waals surface area contributed by atoms with Gasteiger partial charge in [0.2, 0.25) is 5.91 Å². The number of nitrogens with one attached hydrogen (secondary N) is 1. The highest BCUT2D eigenvalue weighted by Gasteiger charge is 2.32. The lowest BCUT2D eigenvalue weighted by molar-refractivity contribution is -0.133. The van der Waals surface area contributed by atoms with E-state index in [0.717, 1.165) is 38.9 Å². The molecule has 1 N–H and O–H groups in total. The molecule has 2 saturated heterocycles. The largest absolute Gasteiger partial charge is 0.334 e. The number of aromatic amines is 1. The van der Waals surface area contributed by atoms with Gasteiger partial charge in [-0.2, -0.15) is 5.10 Å². The maximum Gasteiger partial charge on any atom is 0.237 e. The molecule has 2 aliphatic heterocycles. The Bertz CT molecular complexity index is 655. The Hall–Kier alpha value is -1.66. The first kappa shape index (κ1) is 15.8. The minimum atomic E-state index is 0.288. The number of piperidine rings is 1. The van der Waals surface area contributed by atoms with Crippen LogP contribution in [0.3, 0.4) is 0 Å². The van der Waals surface area contributed by atoms with Crippen LogP contribution in [0.1, 0.15) is 48.2 Å². The van der Waals surface area contributed by atoms with Crippen LogP contribution in [0.5, 0.6) is 0 Å². The van der Waals surface area contributed by atoms with Crippen molar-refractivity contribution in [3.05, 3.63) is 40.3 Å². The normalized spacial score (nSPS) is 25.2. The van der Waals surface area contributed by atoms with Crippen molar-refractivity contribution in [2.75, 3.05) is 26.2 Å². The van der Waals surface area contributed by atoms with Crippen molar-refractivity contribution in [3.63, 3.8) is 0 Å². The van der Waals surface area contributed by atoms with E-state index in [-0.39, 0.29) is 5.91 Å². The summed E-state index contributed by atoms with van der Waals surface area (Å²) in [4.78, 5) is 18.6. The van der Waals surface area contributed by atoms with Gasteiger partial charge in [-0.3, -0.25) is 14.8 Å². The zero-order valence-electron chi connectivity index (χ0n) is 13.9.